The van der Waals surface area contributed by atoms with E-state index in [-0.39, 0.29) is 6.04 Å². The standard InChI is InChI=1S/C17H20N4O5/c1-9(2)20-16-11(8-18-20)14(15(21(23)24)17(22)19-16)10-5-6-12(25-3)13(7-10)26-4/h5-9,14-15H,1-4H3,(H,19,22). The minimum absolute atomic E-state index is 0.00254. The molecule has 9 nitrogen and oxygen atoms in total. The summed E-state index contributed by atoms with van der Waals surface area (Å²) in [6.45, 7) is 3.84. The zero-order chi connectivity index (χ0) is 19.0. The Morgan fingerprint density at radius 1 is 1.27 bits per heavy atom. The van der Waals surface area contributed by atoms with Gasteiger partial charge in [0, 0.05) is 16.5 Å². The number of benzene rings is 1. The van der Waals surface area contributed by atoms with Gasteiger partial charge in [-0.3, -0.25) is 14.9 Å². The maximum Gasteiger partial charge on any atom is 0.301 e. The highest BCUT2D eigenvalue weighted by Gasteiger charge is 2.47. The number of nitro groups is 1. The summed E-state index contributed by atoms with van der Waals surface area (Å²) in [6, 6.07) is 3.58. The molecule has 2 unspecified atom stereocenters. The lowest BCUT2D eigenvalue weighted by molar-refractivity contribution is -0.509. The third-order valence-electron chi connectivity index (χ3n) is 4.47. The van der Waals surface area contributed by atoms with Crippen molar-refractivity contribution in [2.24, 2.45) is 0 Å². The van der Waals surface area contributed by atoms with Crippen LogP contribution in [0, 0.1) is 10.1 Å². The summed E-state index contributed by atoms with van der Waals surface area (Å²) in [5.41, 5.74) is 1.19. The van der Waals surface area contributed by atoms with Crippen molar-refractivity contribution in [2.45, 2.75) is 31.8 Å². The van der Waals surface area contributed by atoms with E-state index in [2.05, 4.69) is 10.4 Å². The van der Waals surface area contributed by atoms with Crippen LogP contribution in [0.15, 0.2) is 24.4 Å². The summed E-state index contributed by atoms with van der Waals surface area (Å²) >= 11 is 0. The lowest BCUT2D eigenvalue weighted by Crippen LogP contribution is -2.44. The van der Waals surface area contributed by atoms with Crippen molar-refractivity contribution < 1.29 is 19.2 Å². The Morgan fingerprint density at radius 3 is 2.54 bits per heavy atom. The molecule has 1 N–H and O–H groups in total. The molecular formula is C17H20N4O5. The van der Waals surface area contributed by atoms with Gasteiger partial charge in [-0.15, -0.1) is 0 Å². The van der Waals surface area contributed by atoms with E-state index in [1.165, 1.54) is 14.2 Å². The van der Waals surface area contributed by atoms with Crippen LogP contribution in [-0.2, 0) is 4.79 Å². The molecule has 0 radical (unpaired) electrons. The Labute approximate surface area is 150 Å². The monoisotopic (exact) mass is 360 g/mol. The van der Waals surface area contributed by atoms with Gasteiger partial charge < -0.3 is 14.8 Å². The molecule has 1 aliphatic rings. The van der Waals surface area contributed by atoms with E-state index in [9.17, 15) is 14.9 Å². The molecule has 3 rings (SSSR count). The number of rotatable bonds is 5. The third kappa shape index (κ3) is 2.75. The third-order valence-corrected chi connectivity index (χ3v) is 4.47. The Morgan fingerprint density at radius 2 is 1.96 bits per heavy atom. The van der Waals surface area contributed by atoms with Gasteiger partial charge in [-0.25, -0.2) is 4.68 Å². The Hall–Kier alpha value is -3.10. The van der Waals surface area contributed by atoms with E-state index in [1.807, 2.05) is 13.8 Å². The van der Waals surface area contributed by atoms with Gasteiger partial charge in [0.05, 0.1) is 26.3 Å². The van der Waals surface area contributed by atoms with Crippen LogP contribution < -0.4 is 14.8 Å². The van der Waals surface area contributed by atoms with E-state index in [4.69, 9.17) is 9.47 Å². The van der Waals surface area contributed by atoms with Crippen molar-refractivity contribution in [3.8, 4) is 11.5 Å². The van der Waals surface area contributed by atoms with Gasteiger partial charge in [-0.2, -0.15) is 5.10 Å². The second-order valence-corrected chi connectivity index (χ2v) is 6.30. The Bertz CT molecular complexity index is 861. The van der Waals surface area contributed by atoms with Gasteiger partial charge in [0.15, 0.2) is 11.5 Å². The number of methoxy groups -OCH3 is 2. The fraction of sp³-hybridized carbons (Fsp3) is 0.412. The van der Waals surface area contributed by atoms with Gasteiger partial charge in [0.2, 0.25) is 0 Å². The second kappa shape index (κ2) is 6.66. The van der Waals surface area contributed by atoms with Gasteiger partial charge in [-0.1, -0.05) is 6.07 Å². The summed E-state index contributed by atoms with van der Waals surface area (Å²) in [6.07, 6.45) is 1.58. The number of anilines is 1. The molecule has 9 heteroatoms. The molecule has 0 saturated carbocycles. The first-order valence-corrected chi connectivity index (χ1v) is 8.12. The molecule has 0 saturated heterocycles. The molecule has 2 aromatic rings. The predicted molar refractivity (Wildman–Crippen MR) is 93.4 cm³/mol. The molecule has 0 fully saturated rings. The molecule has 0 spiro atoms. The zero-order valence-corrected chi connectivity index (χ0v) is 14.9. The number of aromatic nitrogens is 2. The predicted octanol–water partition coefficient (Wildman–Crippen LogP) is 2.21. The fourth-order valence-corrected chi connectivity index (χ4v) is 3.26. The van der Waals surface area contributed by atoms with Crippen molar-refractivity contribution in [3.05, 3.63) is 45.6 Å². The van der Waals surface area contributed by atoms with Crippen LogP contribution in [0.4, 0.5) is 5.82 Å². The minimum Gasteiger partial charge on any atom is -0.493 e. The summed E-state index contributed by atoms with van der Waals surface area (Å²) < 4.78 is 12.2. The highest BCUT2D eigenvalue weighted by atomic mass is 16.6. The number of nitrogens with one attached hydrogen (secondary N) is 1. The van der Waals surface area contributed by atoms with E-state index in [1.54, 1.807) is 29.1 Å². The van der Waals surface area contributed by atoms with Crippen molar-refractivity contribution in [1.82, 2.24) is 9.78 Å². The van der Waals surface area contributed by atoms with Crippen molar-refractivity contribution in [3.63, 3.8) is 0 Å². The first kappa shape index (κ1) is 17.7. The summed E-state index contributed by atoms with van der Waals surface area (Å²) in [7, 11) is 3.00. The number of carbonyl (C=O) groups excluding carboxylic acids is 1. The van der Waals surface area contributed by atoms with Crippen molar-refractivity contribution in [2.75, 3.05) is 19.5 Å². The highest BCUT2D eigenvalue weighted by molar-refractivity contribution is 5.98. The SMILES string of the molecule is COc1ccc(C2c3cnn(C(C)C)c3NC(=O)C2[N+](=O)[O-])cc1OC. The minimum atomic E-state index is -1.45. The van der Waals surface area contributed by atoms with Gasteiger partial charge in [0.1, 0.15) is 5.82 Å². The van der Waals surface area contributed by atoms with Crippen LogP contribution in [0.25, 0.3) is 0 Å². The fourth-order valence-electron chi connectivity index (χ4n) is 3.26. The molecule has 0 aliphatic carbocycles. The maximum atomic E-state index is 12.5. The molecule has 1 aromatic heterocycles. The number of hydrogen-bond donors (Lipinski definition) is 1. The van der Waals surface area contributed by atoms with Crippen LogP contribution in [-0.4, -0.2) is 40.9 Å². The molecule has 138 valence electrons. The molecule has 0 bridgehead atoms. The lowest BCUT2D eigenvalue weighted by Gasteiger charge is -2.27. The van der Waals surface area contributed by atoms with Gasteiger partial charge >= 0.3 is 11.9 Å². The lowest BCUT2D eigenvalue weighted by atomic mass is 9.83. The van der Waals surface area contributed by atoms with Crippen LogP contribution in [0.2, 0.25) is 0 Å². The summed E-state index contributed by atoms with van der Waals surface area (Å²) in [4.78, 5) is 23.6. The van der Waals surface area contributed by atoms with E-state index < -0.39 is 22.8 Å². The van der Waals surface area contributed by atoms with Crippen LogP contribution in [0.3, 0.4) is 0 Å². The quantitative estimate of drug-likeness (QED) is 0.647. The Kier molecular flexibility index (Phi) is 4.54. The van der Waals surface area contributed by atoms with E-state index in [0.29, 0.717) is 28.4 Å². The molecule has 1 aromatic carbocycles. The number of hydrogen-bond acceptors (Lipinski definition) is 6. The maximum absolute atomic E-state index is 12.5. The van der Waals surface area contributed by atoms with Crippen LogP contribution in [0.1, 0.15) is 36.9 Å². The number of fused-ring (bicyclic) bond motifs is 1. The number of amides is 1. The number of ether oxygens (including phenoxy) is 2. The highest BCUT2D eigenvalue weighted by Crippen LogP contribution is 2.41. The Balaban J connectivity index is 2.19. The van der Waals surface area contributed by atoms with Crippen molar-refractivity contribution >= 4 is 11.7 Å². The van der Waals surface area contributed by atoms with E-state index in [0.717, 1.165) is 0 Å². The molecule has 2 atom stereocenters. The second-order valence-electron chi connectivity index (χ2n) is 6.30. The number of carbonyl (C=O) groups is 1. The number of nitrogens with zero attached hydrogens (tertiary/aromatic N) is 3. The summed E-state index contributed by atoms with van der Waals surface area (Å²) in [5, 5.41) is 18.6. The first-order valence-electron chi connectivity index (χ1n) is 8.12. The summed E-state index contributed by atoms with van der Waals surface area (Å²) in [5.74, 6) is -0.00299. The zero-order valence-electron chi connectivity index (χ0n) is 14.9. The van der Waals surface area contributed by atoms with Crippen LogP contribution in [0.5, 0.6) is 11.5 Å². The van der Waals surface area contributed by atoms with Gasteiger partial charge in [-0.05, 0) is 31.5 Å². The molecule has 26 heavy (non-hydrogen) atoms. The molecule has 2 heterocycles. The normalized spacial score (nSPS) is 19.0. The first-order chi connectivity index (χ1) is 12.4. The van der Waals surface area contributed by atoms with Crippen molar-refractivity contribution in [1.29, 1.82) is 0 Å². The smallest absolute Gasteiger partial charge is 0.301 e. The average molecular weight is 360 g/mol. The topological polar surface area (TPSA) is 109 Å². The average Bonchev–Trinajstić information content (AvgIpc) is 3.03. The molecule has 1 aliphatic heterocycles. The van der Waals surface area contributed by atoms with Crippen LogP contribution >= 0.6 is 0 Å². The molecular weight excluding hydrogens is 340 g/mol. The molecule has 1 amide bonds. The van der Waals surface area contributed by atoms with Gasteiger partial charge in [0.25, 0.3) is 0 Å². The van der Waals surface area contributed by atoms with E-state index >= 15 is 0 Å². The largest absolute Gasteiger partial charge is 0.493 e.